The zero-order valence-electron chi connectivity index (χ0n) is 6.70. The average molecular weight is 234 g/mol. The van der Waals surface area contributed by atoms with Crippen LogP contribution in [0.1, 0.15) is 20.8 Å². The number of allylic oxidation sites excluding steroid dienone is 2. The molecule has 0 aliphatic rings. The molecule has 0 N–H and O–H groups in total. The maximum Gasteiger partial charge on any atom is 0.555 e. The molecule has 11 heavy (non-hydrogen) atoms. The van der Waals surface area contributed by atoms with Gasteiger partial charge in [0.05, 0.1) is 5.76 Å². The average Bonchev–Trinajstić information content (AvgIpc) is 1.80. The minimum atomic E-state index is -2.96. The van der Waals surface area contributed by atoms with Crippen LogP contribution in [-0.4, -0.2) is 6.25 Å². The van der Waals surface area contributed by atoms with Gasteiger partial charge >= 0.3 is 6.25 Å². The SMILES string of the molecule is C/C=C(\O[Si](Cl)(Cl)Cl)C(C)C. The third-order valence-electron chi connectivity index (χ3n) is 1.09. The first-order valence-corrected chi connectivity index (χ1v) is 8.23. The predicted octanol–water partition coefficient (Wildman–Crippen LogP) is 3.71. The molecule has 0 bridgehead atoms. The van der Waals surface area contributed by atoms with Crippen LogP contribution in [-0.2, 0) is 4.43 Å². The molecular weight excluding hydrogens is 223 g/mol. The molecule has 0 fully saturated rings. The van der Waals surface area contributed by atoms with Crippen molar-refractivity contribution >= 4 is 39.5 Å². The van der Waals surface area contributed by atoms with Crippen LogP contribution in [0, 0.1) is 5.92 Å². The molecule has 66 valence electrons. The highest BCUT2D eigenvalue weighted by atomic mass is 35.8. The fourth-order valence-corrected chi connectivity index (χ4v) is 2.07. The van der Waals surface area contributed by atoms with Gasteiger partial charge in [-0.1, -0.05) is 53.2 Å². The molecule has 5 heteroatoms. The summed E-state index contributed by atoms with van der Waals surface area (Å²) in [5.41, 5.74) is 0. The number of hydrogen-bond donors (Lipinski definition) is 0. The van der Waals surface area contributed by atoms with E-state index in [1.54, 1.807) is 0 Å². The number of hydrogen-bond acceptors (Lipinski definition) is 1. The lowest BCUT2D eigenvalue weighted by atomic mass is 10.2. The van der Waals surface area contributed by atoms with Crippen molar-refractivity contribution in [3.63, 3.8) is 0 Å². The van der Waals surface area contributed by atoms with Gasteiger partial charge in [-0.15, -0.1) is 0 Å². The molecule has 0 spiro atoms. The zero-order chi connectivity index (χ0) is 9.07. The Morgan fingerprint density at radius 3 is 1.91 bits per heavy atom. The van der Waals surface area contributed by atoms with E-state index in [-0.39, 0.29) is 5.92 Å². The summed E-state index contributed by atoms with van der Waals surface area (Å²) in [6.45, 7) is 5.83. The second-order valence-electron chi connectivity index (χ2n) is 2.39. The van der Waals surface area contributed by atoms with Crippen LogP contribution in [0.15, 0.2) is 11.8 Å². The van der Waals surface area contributed by atoms with Gasteiger partial charge in [0.1, 0.15) is 0 Å². The fraction of sp³-hybridized carbons (Fsp3) is 0.667. The highest BCUT2D eigenvalue weighted by molar-refractivity contribution is 7.62. The van der Waals surface area contributed by atoms with E-state index in [2.05, 4.69) is 0 Å². The first-order chi connectivity index (χ1) is 4.87. The molecule has 0 radical (unpaired) electrons. The maximum atomic E-state index is 5.56. The van der Waals surface area contributed by atoms with Crippen LogP contribution in [0.5, 0.6) is 0 Å². The van der Waals surface area contributed by atoms with Crippen molar-refractivity contribution in [2.45, 2.75) is 20.8 Å². The van der Waals surface area contributed by atoms with Gasteiger partial charge < -0.3 is 4.43 Å². The first-order valence-electron chi connectivity index (χ1n) is 3.28. The van der Waals surface area contributed by atoms with Gasteiger partial charge in [0.15, 0.2) is 0 Å². The normalized spacial score (nSPS) is 13.9. The zero-order valence-corrected chi connectivity index (χ0v) is 9.96. The van der Waals surface area contributed by atoms with Gasteiger partial charge in [-0.2, -0.15) is 0 Å². The summed E-state index contributed by atoms with van der Waals surface area (Å²) in [6, 6.07) is 0. The topological polar surface area (TPSA) is 9.23 Å². The summed E-state index contributed by atoms with van der Waals surface area (Å²) >= 11 is 16.7. The van der Waals surface area contributed by atoms with Crippen molar-refractivity contribution in [3.05, 3.63) is 11.8 Å². The van der Waals surface area contributed by atoms with Crippen molar-refractivity contribution in [1.82, 2.24) is 0 Å². The Hall–Kier alpha value is 0.627. The molecule has 0 aromatic rings. The van der Waals surface area contributed by atoms with E-state index >= 15 is 0 Å². The molecule has 0 saturated heterocycles. The second-order valence-corrected chi connectivity index (χ2v) is 10.0. The standard InChI is InChI=1S/C6H11Cl3OSi/c1-4-6(5(2)3)10-11(7,8)9/h4-5H,1-3H3/b6-4-. The maximum absolute atomic E-state index is 5.56. The molecule has 0 atom stereocenters. The van der Waals surface area contributed by atoms with E-state index < -0.39 is 6.25 Å². The van der Waals surface area contributed by atoms with E-state index in [9.17, 15) is 0 Å². The Kier molecular flexibility index (Phi) is 4.87. The van der Waals surface area contributed by atoms with Crippen LogP contribution < -0.4 is 0 Å². The van der Waals surface area contributed by atoms with E-state index in [1.807, 2.05) is 26.8 Å². The van der Waals surface area contributed by atoms with Crippen molar-refractivity contribution in [3.8, 4) is 0 Å². The van der Waals surface area contributed by atoms with Gasteiger partial charge in [0, 0.05) is 5.92 Å². The van der Waals surface area contributed by atoms with Gasteiger partial charge in [0.25, 0.3) is 0 Å². The van der Waals surface area contributed by atoms with Crippen LogP contribution in [0.4, 0.5) is 0 Å². The Bertz CT molecular complexity index is 150. The van der Waals surface area contributed by atoms with E-state index in [1.165, 1.54) is 0 Å². The molecule has 0 saturated carbocycles. The summed E-state index contributed by atoms with van der Waals surface area (Å²) in [5.74, 6) is 1.01. The molecule has 0 aliphatic carbocycles. The second kappa shape index (κ2) is 4.60. The minimum absolute atomic E-state index is 0.267. The smallest absolute Gasteiger partial charge is 0.512 e. The molecule has 0 aliphatic heterocycles. The summed E-state index contributed by atoms with van der Waals surface area (Å²) < 4.78 is 5.14. The third-order valence-corrected chi connectivity index (χ3v) is 2.25. The van der Waals surface area contributed by atoms with Gasteiger partial charge in [-0.25, -0.2) is 0 Å². The van der Waals surface area contributed by atoms with Gasteiger partial charge in [-0.3, -0.25) is 0 Å². The predicted molar refractivity (Wildman–Crippen MR) is 53.0 cm³/mol. The monoisotopic (exact) mass is 232 g/mol. The summed E-state index contributed by atoms with van der Waals surface area (Å²) in [7, 11) is 0. The highest BCUT2D eigenvalue weighted by Gasteiger charge is 2.31. The molecule has 0 rings (SSSR count). The minimum Gasteiger partial charge on any atom is -0.512 e. The first kappa shape index (κ1) is 11.6. The molecular formula is C6H11Cl3OSi. The molecule has 0 amide bonds. The number of halogens is 3. The van der Waals surface area contributed by atoms with Gasteiger partial charge in [0.2, 0.25) is 0 Å². The van der Waals surface area contributed by atoms with Crippen molar-refractivity contribution in [2.75, 3.05) is 0 Å². The molecule has 0 unspecified atom stereocenters. The van der Waals surface area contributed by atoms with Crippen molar-refractivity contribution < 1.29 is 4.43 Å². The lowest BCUT2D eigenvalue weighted by Crippen LogP contribution is -2.17. The fourth-order valence-electron chi connectivity index (χ4n) is 0.644. The largest absolute Gasteiger partial charge is 0.555 e. The third kappa shape index (κ3) is 5.85. The Morgan fingerprint density at radius 1 is 1.36 bits per heavy atom. The quantitative estimate of drug-likeness (QED) is 0.410. The van der Waals surface area contributed by atoms with Crippen LogP contribution in [0.25, 0.3) is 0 Å². The molecule has 1 nitrogen and oxygen atoms in total. The lowest BCUT2D eigenvalue weighted by molar-refractivity contribution is 0.386. The van der Waals surface area contributed by atoms with Crippen molar-refractivity contribution in [2.24, 2.45) is 5.92 Å². The summed E-state index contributed by atoms with van der Waals surface area (Å²) in [5, 5.41) is 0. The van der Waals surface area contributed by atoms with E-state index in [4.69, 9.17) is 37.7 Å². The molecule has 0 aromatic carbocycles. The van der Waals surface area contributed by atoms with Crippen LogP contribution in [0.3, 0.4) is 0 Å². The number of rotatable bonds is 3. The molecule has 0 heterocycles. The summed E-state index contributed by atoms with van der Waals surface area (Å²) in [6.07, 6.45) is -1.14. The van der Waals surface area contributed by atoms with Crippen molar-refractivity contribution in [1.29, 1.82) is 0 Å². The summed E-state index contributed by atoms with van der Waals surface area (Å²) in [4.78, 5) is 0. The van der Waals surface area contributed by atoms with E-state index in [0.29, 0.717) is 0 Å². The van der Waals surface area contributed by atoms with Crippen LogP contribution >= 0.6 is 33.2 Å². The van der Waals surface area contributed by atoms with Crippen LogP contribution in [0.2, 0.25) is 0 Å². The van der Waals surface area contributed by atoms with E-state index in [0.717, 1.165) is 5.76 Å². The lowest BCUT2D eigenvalue weighted by Gasteiger charge is -2.17. The Balaban J connectivity index is 4.12. The van der Waals surface area contributed by atoms with Gasteiger partial charge in [-0.05, 0) is 6.92 Å². The molecule has 0 aromatic heterocycles. The highest BCUT2D eigenvalue weighted by Crippen LogP contribution is 2.27. The Morgan fingerprint density at radius 2 is 1.82 bits per heavy atom. The Labute approximate surface area is 82.5 Å².